The third kappa shape index (κ3) is 2.51. The van der Waals surface area contributed by atoms with E-state index in [1.54, 1.807) is 27.7 Å². The largest absolute Gasteiger partial charge is 0.493 e. The Hall–Kier alpha value is -1.38. The monoisotopic (exact) mass is 375 g/mol. The predicted molar refractivity (Wildman–Crippen MR) is 77.6 cm³/mol. The second-order valence-electron chi connectivity index (χ2n) is 5.24. The maximum atomic E-state index is 12.0. The van der Waals surface area contributed by atoms with Crippen LogP contribution in [0, 0.1) is 12.3 Å². The molecule has 0 saturated carbocycles. The highest BCUT2D eigenvalue weighted by molar-refractivity contribution is 14.1. The van der Waals surface area contributed by atoms with Gasteiger partial charge in [-0.25, -0.2) is 12.7 Å². The Labute approximate surface area is 124 Å². The number of aromatic hydroxyl groups is 1. The summed E-state index contributed by atoms with van der Waals surface area (Å²) in [5, 5.41) is 10.1. The molecule has 0 aliphatic carbocycles. The normalized spacial score (nSPS) is 11.8. The Kier molecular flexibility index (Phi) is 3.41. The zero-order valence-corrected chi connectivity index (χ0v) is 13.2. The zero-order chi connectivity index (χ0) is 14.4. The van der Waals surface area contributed by atoms with Crippen molar-refractivity contribution in [3.8, 4) is 23.0 Å². The molecule has 7 heteroatoms. The van der Waals surface area contributed by atoms with E-state index in [2.05, 4.69) is 9.97 Å². The molecule has 0 aromatic carbocycles. The van der Waals surface area contributed by atoms with Gasteiger partial charge >= 0.3 is 5.97 Å². The van der Waals surface area contributed by atoms with Crippen molar-refractivity contribution in [2.75, 3.05) is 0 Å². The highest BCUT2D eigenvalue weighted by Crippen LogP contribution is 2.41. The van der Waals surface area contributed by atoms with Crippen LogP contribution in [-0.2, 0) is 4.79 Å². The van der Waals surface area contributed by atoms with Gasteiger partial charge in [0, 0.05) is 0 Å². The number of carbonyl (C=O) groups is 1. The van der Waals surface area contributed by atoms with Gasteiger partial charge in [-0.1, -0.05) is 0 Å². The molecule has 0 aromatic heterocycles. The van der Waals surface area contributed by atoms with Crippen molar-refractivity contribution in [2.45, 2.75) is 27.7 Å². The summed E-state index contributed by atoms with van der Waals surface area (Å²) < 4.78 is 6.79. The van der Waals surface area contributed by atoms with E-state index in [1.807, 2.05) is 22.9 Å². The minimum Gasteiger partial charge on any atom is -0.493 e. The molecule has 2 aliphatic rings. The molecule has 0 fully saturated rings. The number of nitrogens with zero attached hydrogens (tertiary/aromatic N) is 3. The lowest BCUT2D eigenvalue weighted by atomic mass is 9.97. The Bertz CT molecular complexity index is 616. The van der Waals surface area contributed by atoms with Crippen LogP contribution in [0.25, 0.3) is 11.4 Å². The molecular weight excluding hydrogens is 361 g/mol. The van der Waals surface area contributed by atoms with E-state index < -0.39 is 5.41 Å². The molecule has 0 atom stereocenters. The first-order valence-corrected chi connectivity index (χ1v) is 6.63. The number of esters is 1. The number of carbonyl (C=O) groups excluding carboxylic acids is 1. The minimum atomic E-state index is -0.631. The molecule has 19 heavy (non-hydrogen) atoms. The lowest BCUT2D eigenvalue weighted by Crippen LogP contribution is -2.25. The number of hydrogen-bond donors (Lipinski definition) is 1. The molecule has 102 valence electrons. The van der Waals surface area contributed by atoms with Gasteiger partial charge in [-0.05, 0) is 27.7 Å². The average Bonchev–Trinajstić information content (AvgIpc) is 2.60. The Balaban J connectivity index is 2.53. The maximum absolute atomic E-state index is 12.0. The van der Waals surface area contributed by atoms with Crippen LogP contribution in [0.5, 0.6) is 11.6 Å². The molecule has 0 unspecified atom stereocenters. The van der Waals surface area contributed by atoms with E-state index in [1.165, 1.54) is 9.11 Å². The van der Waals surface area contributed by atoms with Gasteiger partial charge in [0.2, 0.25) is 5.88 Å². The van der Waals surface area contributed by atoms with Gasteiger partial charge in [-0.15, -0.1) is 0 Å². The number of ether oxygens (including phenoxy) is 1. The third-order valence-electron chi connectivity index (χ3n) is 2.57. The number of aromatic nitrogens is 3. The highest BCUT2D eigenvalue weighted by atomic mass is 127. The molecule has 2 rings (SSSR count). The molecule has 0 aromatic rings. The number of hydrogen-bond acceptors (Lipinski definition) is 5. The fraction of sp³-hybridized carbons (Fsp3) is 0.417. The van der Waals surface area contributed by atoms with Crippen molar-refractivity contribution < 1.29 is 14.6 Å². The first kappa shape index (κ1) is 14.0. The standard InChI is InChI=1S/C12H14IN3O3/c1-6-8(19-11(18)12(2,3)4)7-9(15-6)14-5-16(13)10(7)17/h5,17H,1-4H3. The molecule has 2 heterocycles. The highest BCUT2D eigenvalue weighted by Gasteiger charge is 2.30. The SMILES string of the molecule is Cc1nc2ncn(I)c(O)c-2c1OC(=O)C(C)(C)C. The molecule has 0 amide bonds. The van der Waals surface area contributed by atoms with Crippen LogP contribution in [0.15, 0.2) is 6.33 Å². The Morgan fingerprint density at radius 3 is 2.68 bits per heavy atom. The van der Waals surface area contributed by atoms with Crippen LogP contribution < -0.4 is 4.74 Å². The summed E-state index contributed by atoms with van der Waals surface area (Å²) in [5.41, 5.74) is 0.249. The van der Waals surface area contributed by atoms with Gasteiger partial charge in [0.05, 0.1) is 34.0 Å². The molecule has 0 radical (unpaired) electrons. The Morgan fingerprint density at radius 2 is 2.11 bits per heavy atom. The van der Waals surface area contributed by atoms with Crippen molar-refractivity contribution in [3.63, 3.8) is 0 Å². The fourth-order valence-corrected chi connectivity index (χ4v) is 1.85. The first-order chi connectivity index (χ1) is 8.71. The van der Waals surface area contributed by atoms with Crippen molar-refractivity contribution >= 4 is 28.8 Å². The van der Waals surface area contributed by atoms with E-state index in [0.29, 0.717) is 17.1 Å². The van der Waals surface area contributed by atoms with E-state index >= 15 is 0 Å². The molecule has 2 aliphatic heterocycles. The summed E-state index contributed by atoms with van der Waals surface area (Å²) in [6.07, 6.45) is 1.44. The molecular formula is C12H14IN3O3. The van der Waals surface area contributed by atoms with Crippen LogP contribution in [-0.4, -0.2) is 23.8 Å². The summed E-state index contributed by atoms with van der Waals surface area (Å²) in [6, 6.07) is 0. The predicted octanol–water partition coefficient (Wildman–Crippen LogP) is 2.55. The lowest BCUT2D eigenvalue weighted by molar-refractivity contribution is -0.143. The Morgan fingerprint density at radius 1 is 1.47 bits per heavy atom. The smallest absolute Gasteiger partial charge is 0.316 e. The van der Waals surface area contributed by atoms with E-state index in [-0.39, 0.29) is 17.6 Å². The molecule has 0 bridgehead atoms. The van der Waals surface area contributed by atoms with Crippen LogP contribution in [0.3, 0.4) is 0 Å². The van der Waals surface area contributed by atoms with Gasteiger partial charge in [0.15, 0.2) is 11.6 Å². The first-order valence-electron chi connectivity index (χ1n) is 5.67. The molecule has 0 spiro atoms. The third-order valence-corrected chi connectivity index (χ3v) is 3.27. The summed E-state index contributed by atoms with van der Waals surface area (Å²) in [7, 11) is 0. The molecule has 0 saturated heterocycles. The van der Waals surface area contributed by atoms with Gasteiger partial charge in [-0.2, -0.15) is 0 Å². The van der Waals surface area contributed by atoms with Crippen molar-refractivity contribution in [1.82, 2.24) is 12.7 Å². The van der Waals surface area contributed by atoms with Crippen molar-refractivity contribution in [2.24, 2.45) is 5.41 Å². The minimum absolute atomic E-state index is 0.0390. The van der Waals surface area contributed by atoms with Crippen molar-refractivity contribution in [3.05, 3.63) is 12.0 Å². The van der Waals surface area contributed by atoms with Gasteiger partial charge in [0.1, 0.15) is 11.9 Å². The van der Waals surface area contributed by atoms with Gasteiger partial charge in [-0.3, -0.25) is 4.79 Å². The maximum Gasteiger partial charge on any atom is 0.316 e. The quantitative estimate of drug-likeness (QED) is 0.613. The number of aryl methyl sites for hydroxylation is 1. The summed E-state index contributed by atoms with van der Waals surface area (Å²) >= 11 is 1.88. The van der Waals surface area contributed by atoms with E-state index in [9.17, 15) is 9.90 Å². The van der Waals surface area contributed by atoms with Crippen LogP contribution in [0.2, 0.25) is 0 Å². The van der Waals surface area contributed by atoms with Crippen molar-refractivity contribution in [1.29, 1.82) is 0 Å². The van der Waals surface area contributed by atoms with Crippen LogP contribution in [0.1, 0.15) is 26.5 Å². The fourth-order valence-electron chi connectivity index (χ4n) is 1.48. The summed E-state index contributed by atoms with van der Waals surface area (Å²) in [6.45, 7) is 7.00. The number of rotatable bonds is 1. The topological polar surface area (TPSA) is 77.2 Å². The molecule has 6 nitrogen and oxygen atoms in total. The summed E-state index contributed by atoms with van der Waals surface area (Å²) in [5.74, 6) is 0.210. The number of fused-ring (bicyclic) bond motifs is 1. The van der Waals surface area contributed by atoms with Crippen LogP contribution >= 0.6 is 22.9 Å². The lowest BCUT2D eigenvalue weighted by Gasteiger charge is -2.17. The number of halogens is 1. The second kappa shape index (κ2) is 4.62. The average molecular weight is 375 g/mol. The summed E-state index contributed by atoms with van der Waals surface area (Å²) in [4.78, 5) is 20.2. The van der Waals surface area contributed by atoms with E-state index in [0.717, 1.165) is 0 Å². The zero-order valence-electron chi connectivity index (χ0n) is 11.1. The second-order valence-corrected chi connectivity index (χ2v) is 6.28. The van der Waals surface area contributed by atoms with Gasteiger partial charge < -0.3 is 9.84 Å². The van der Waals surface area contributed by atoms with E-state index in [4.69, 9.17) is 4.74 Å². The van der Waals surface area contributed by atoms with Gasteiger partial charge in [0.25, 0.3) is 0 Å². The van der Waals surface area contributed by atoms with Crippen LogP contribution in [0.4, 0.5) is 0 Å². The molecule has 1 N–H and O–H groups in total.